The van der Waals surface area contributed by atoms with E-state index in [-0.39, 0.29) is 11.8 Å². The maximum absolute atomic E-state index is 12.8. The normalized spacial score (nSPS) is 14.2. The Morgan fingerprint density at radius 1 is 1.18 bits per heavy atom. The van der Waals surface area contributed by atoms with Crippen molar-refractivity contribution in [2.24, 2.45) is 5.92 Å². The molecule has 40 heavy (non-hydrogen) atoms. The molecule has 1 N–H and O–H groups in total. The number of alkyl halides is 3. The fourth-order valence-corrected chi connectivity index (χ4v) is 4.73. The molecule has 4 aromatic rings. The van der Waals surface area contributed by atoms with Crippen molar-refractivity contribution < 1.29 is 22.4 Å². The van der Waals surface area contributed by atoms with Gasteiger partial charge in [-0.05, 0) is 79.8 Å². The predicted molar refractivity (Wildman–Crippen MR) is 147 cm³/mol. The molecule has 0 bridgehead atoms. The number of oxazole rings is 1. The molecule has 0 spiro atoms. The predicted octanol–water partition coefficient (Wildman–Crippen LogP) is 7.14. The van der Waals surface area contributed by atoms with E-state index in [9.17, 15) is 18.0 Å². The highest BCUT2D eigenvalue weighted by Crippen LogP contribution is 2.33. The monoisotopic (exact) mass is 545 g/mol. The van der Waals surface area contributed by atoms with Gasteiger partial charge in [0.25, 0.3) is 5.91 Å². The third-order valence-electron chi connectivity index (χ3n) is 7.02. The second-order valence-corrected chi connectivity index (χ2v) is 9.87. The molecule has 1 aliphatic heterocycles. The molecule has 0 aliphatic carbocycles. The van der Waals surface area contributed by atoms with E-state index >= 15 is 0 Å². The van der Waals surface area contributed by atoms with Crippen molar-refractivity contribution in [3.8, 4) is 11.5 Å². The van der Waals surface area contributed by atoms with Gasteiger partial charge in [-0.25, -0.2) is 14.8 Å². The number of halogens is 3. The maximum Gasteiger partial charge on any atom is 0.417 e. The average Bonchev–Trinajstić information content (AvgIpc) is 3.39. The summed E-state index contributed by atoms with van der Waals surface area (Å²) in [5.41, 5.74) is 3.55. The summed E-state index contributed by atoms with van der Waals surface area (Å²) in [5, 5.41) is 2.99. The number of fused-ring (bicyclic) bond motifs is 1. The molecule has 204 valence electrons. The number of aromatic nitrogens is 2. The number of carbonyl (C=O) groups excluding carboxylic acids is 1. The van der Waals surface area contributed by atoms with Gasteiger partial charge >= 0.3 is 6.18 Å². The fourth-order valence-electron chi connectivity index (χ4n) is 4.73. The number of pyridine rings is 1. The minimum Gasteiger partial charge on any atom is -0.436 e. The quantitative estimate of drug-likeness (QED) is 0.261. The first kappa shape index (κ1) is 26.9. The van der Waals surface area contributed by atoms with Crippen LogP contribution in [0.15, 0.2) is 65.7 Å². The number of allylic oxidation sites excluding steroid dienone is 1. The topological polar surface area (TPSA) is 75.6 Å². The zero-order valence-corrected chi connectivity index (χ0v) is 21.8. The zero-order chi connectivity index (χ0) is 28.4. The first-order chi connectivity index (χ1) is 19.1. The molecular formula is C30H26F3N5O2. The number of piperidine rings is 1. The molecule has 0 radical (unpaired) electrons. The second kappa shape index (κ2) is 10.8. The van der Waals surface area contributed by atoms with Crippen LogP contribution in [0.25, 0.3) is 33.0 Å². The Labute approximate surface area is 229 Å². The second-order valence-electron chi connectivity index (χ2n) is 9.87. The summed E-state index contributed by atoms with van der Waals surface area (Å²) in [6, 6.07) is 12.8. The Hall–Kier alpha value is -4.65. The van der Waals surface area contributed by atoms with Gasteiger partial charge in [-0.15, -0.1) is 0 Å². The lowest BCUT2D eigenvalue weighted by Gasteiger charge is -2.33. The van der Waals surface area contributed by atoms with Crippen molar-refractivity contribution in [2.45, 2.75) is 25.9 Å². The number of anilines is 1. The molecule has 1 saturated heterocycles. The van der Waals surface area contributed by atoms with E-state index in [2.05, 4.69) is 26.7 Å². The highest BCUT2D eigenvalue weighted by Gasteiger charge is 2.31. The lowest BCUT2D eigenvalue weighted by molar-refractivity contribution is -0.137. The Morgan fingerprint density at radius 2 is 1.90 bits per heavy atom. The van der Waals surface area contributed by atoms with Crippen molar-refractivity contribution in [3.63, 3.8) is 0 Å². The molecule has 1 fully saturated rings. The van der Waals surface area contributed by atoms with E-state index in [1.807, 2.05) is 11.8 Å². The zero-order valence-electron chi connectivity index (χ0n) is 21.8. The van der Waals surface area contributed by atoms with Gasteiger partial charge in [-0.1, -0.05) is 6.58 Å². The molecule has 0 saturated carbocycles. The number of amides is 1. The number of nitrogens with one attached hydrogen (secondary N) is 1. The van der Waals surface area contributed by atoms with Crippen LogP contribution < -0.4 is 10.2 Å². The van der Waals surface area contributed by atoms with Gasteiger partial charge in [-0.2, -0.15) is 13.2 Å². The number of benzene rings is 2. The molecule has 0 unspecified atom stereocenters. The SMILES string of the molecule is [C-]#[N+]c1cc(C(=C)C)c2oc(-c3ccc(C(=O)NCC4CCN(c5ccc(C(F)(F)F)cn5)CC4)cc3)nc2c1. The summed E-state index contributed by atoms with van der Waals surface area (Å²) in [4.78, 5) is 26.7. The molecule has 7 nitrogen and oxygen atoms in total. The lowest BCUT2D eigenvalue weighted by atomic mass is 9.96. The van der Waals surface area contributed by atoms with Crippen molar-refractivity contribution in [3.05, 3.63) is 89.4 Å². The Kier molecular flexibility index (Phi) is 7.30. The average molecular weight is 546 g/mol. The van der Waals surface area contributed by atoms with Crippen molar-refractivity contribution in [2.75, 3.05) is 24.5 Å². The Balaban J connectivity index is 1.17. The summed E-state index contributed by atoms with van der Waals surface area (Å²) in [6.45, 7) is 15.0. The minimum absolute atomic E-state index is 0.192. The summed E-state index contributed by atoms with van der Waals surface area (Å²) in [5.74, 6) is 0.983. The van der Waals surface area contributed by atoms with E-state index < -0.39 is 11.7 Å². The molecular weight excluding hydrogens is 519 g/mol. The van der Waals surface area contributed by atoms with E-state index in [1.54, 1.807) is 36.4 Å². The third kappa shape index (κ3) is 5.69. The maximum atomic E-state index is 12.8. The number of carbonyl (C=O) groups is 1. The lowest BCUT2D eigenvalue weighted by Crippen LogP contribution is -2.39. The minimum atomic E-state index is -4.40. The van der Waals surface area contributed by atoms with Gasteiger partial charge in [0.15, 0.2) is 11.3 Å². The fraction of sp³-hybridized carbons (Fsp3) is 0.267. The Morgan fingerprint density at radius 3 is 2.50 bits per heavy atom. The van der Waals surface area contributed by atoms with E-state index in [0.29, 0.717) is 59.3 Å². The van der Waals surface area contributed by atoms with E-state index in [0.717, 1.165) is 36.2 Å². The molecule has 10 heteroatoms. The Bertz CT molecular complexity index is 1590. The first-order valence-electron chi connectivity index (χ1n) is 12.8. The van der Waals surface area contributed by atoms with Crippen LogP contribution >= 0.6 is 0 Å². The molecule has 0 atom stereocenters. The number of hydrogen-bond acceptors (Lipinski definition) is 5. The largest absolute Gasteiger partial charge is 0.436 e. The van der Waals surface area contributed by atoms with Crippen LogP contribution in [0, 0.1) is 12.5 Å². The summed E-state index contributed by atoms with van der Waals surface area (Å²) >= 11 is 0. The van der Waals surface area contributed by atoms with Gasteiger partial charge < -0.3 is 14.6 Å². The van der Waals surface area contributed by atoms with Crippen LogP contribution in [0.2, 0.25) is 0 Å². The molecule has 2 aromatic carbocycles. The smallest absolute Gasteiger partial charge is 0.417 e. The number of nitrogens with zero attached hydrogens (tertiary/aromatic N) is 4. The standard InChI is InChI=1S/C30H26F3N5O2/c1-18(2)24-14-23(34-3)15-25-27(24)40-29(37-25)21-6-4-20(5-7-21)28(39)36-16-19-10-12-38(13-11-19)26-9-8-22(17-35-26)30(31,32)33/h4-9,14-15,17,19H,1,10-13,16H2,2H3,(H,36,39). The summed E-state index contributed by atoms with van der Waals surface area (Å²) in [6.07, 6.45) is -1.95. The van der Waals surface area contributed by atoms with Crippen molar-refractivity contribution in [1.82, 2.24) is 15.3 Å². The van der Waals surface area contributed by atoms with Crippen LogP contribution in [0.5, 0.6) is 0 Å². The highest BCUT2D eigenvalue weighted by molar-refractivity contribution is 5.95. The molecule has 1 amide bonds. The van der Waals surface area contributed by atoms with E-state index in [1.165, 1.54) is 6.07 Å². The van der Waals surface area contributed by atoms with Crippen LogP contribution in [0.4, 0.5) is 24.7 Å². The van der Waals surface area contributed by atoms with Crippen molar-refractivity contribution in [1.29, 1.82) is 0 Å². The van der Waals surface area contributed by atoms with Gasteiger partial charge in [0.05, 0.1) is 12.1 Å². The van der Waals surface area contributed by atoms with Gasteiger partial charge in [0.2, 0.25) is 5.89 Å². The molecule has 1 aliphatic rings. The van der Waals surface area contributed by atoms with Gasteiger partial charge in [0.1, 0.15) is 11.3 Å². The van der Waals surface area contributed by atoms with Crippen LogP contribution in [0.3, 0.4) is 0 Å². The van der Waals surface area contributed by atoms with E-state index in [4.69, 9.17) is 11.0 Å². The van der Waals surface area contributed by atoms with Gasteiger partial charge in [0, 0.05) is 42.5 Å². The third-order valence-corrected chi connectivity index (χ3v) is 7.02. The molecule has 2 aromatic heterocycles. The number of rotatable bonds is 6. The summed E-state index contributed by atoms with van der Waals surface area (Å²) < 4.78 is 44.3. The number of hydrogen-bond donors (Lipinski definition) is 1. The molecule has 5 rings (SSSR count). The molecule has 3 heterocycles. The van der Waals surface area contributed by atoms with Gasteiger partial charge in [-0.3, -0.25) is 4.79 Å². The summed E-state index contributed by atoms with van der Waals surface area (Å²) in [7, 11) is 0. The van der Waals surface area contributed by atoms with Crippen molar-refractivity contribution >= 4 is 34.1 Å². The van der Waals surface area contributed by atoms with Crippen LogP contribution in [-0.2, 0) is 6.18 Å². The first-order valence-corrected chi connectivity index (χ1v) is 12.8. The van der Waals surface area contributed by atoms with Crippen LogP contribution in [0.1, 0.15) is 41.3 Å². The van der Waals surface area contributed by atoms with Crippen LogP contribution in [-0.4, -0.2) is 35.5 Å². The highest BCUT2D eigenvalue weighted by atomic mass is 19.4.